The Hall–Kier alpha value is -2.91. The fourth-order valence-electron chi connectivity index (χ4n) is 2.37. The van der Waals surface area contributed by atoms with Crippen LogP contribution >= 0.6 is 0 Å². The smallest absolute Gasteiger partial charge is 0.859 e. The van der Waals surface area contributed by atoms with Crippen molar-refractivity contribution < 1.29 is 19.7 Å². The number of ether oxygens (including phenoxy) is 2. The van der Waals surface area contributed by atoms with Crippen molar-refractivity contribution >= 4 is 46.9 Å². The maximum absolute atomic E-state index is 11.2. The molecule has 2 aliphatic rings. The normalized spacial score (nSPS) is 20.3. The summed E-state index contributed by atoms with van der Waals surface area (Å²) in [6, 6.07) is 17.4. The Labute approximate surface area is 171 Å². The van der Waals surface area contributed by atoms with Crippen molar-refractivity contribution in [2.45, 2.75) is 12.2 Å². The Morgan fingerprint density at radius 1 is 0.667 bits per heavy atom. The third-order valence-electron chi connectivity index (χ3n) is 3.54. The number of rotatable bonds is 2. The maximum Gasteiger partial charge on any atom is 2.00 e. The van der Waals surface area contributed by atoms with Crippen LogP contribution in [-0.2, 0) is 9.47 Å². The number of hydrogen-bond donors (Lipinski definition) is 2. The van der Waals surface area contributed by atoms with Crippen LogP contribution in [-0.4, -0.2) is 46.9 Å². The molecule has 4 rings (SSSR count). The number of nitrogens with zero attached hydrogens (tertiary/aromatic N) is 2. The van der Waals surface area contributed by atoms with Gasteiger partial charge in [-0.05, 0) is 11.1 Å². The zero-order valence-corrected chi connectivity index (χ0v) is 15.6. The van der Waals surface area contributed by atoms with Gasteiger partial charge in [-0.3, -0.25) is 0 Å². The molecule has 0 aliphatic carbocycles. The minimum absolute atomic E-state index is 0. The molecule has 0 aromatic heterocycles. The molecular weight excluding hydrogens is 361 g/mol. The number of benzene rings is 2. The van der Waals surface area contributed by atoms with E-state index in [9.17, 15) is 10.2 Å². The van der Waals surface area contributed by atoms with Crippen molar-refractivity contribution in [1.82, 2.24) is 0 Å². The first-order valence-corrected chi connectivity index (χ1v) is 7.66. The molecule has 2 aliphatic heterocycles. The summed E-state index contributed by atoms with van der Waals surface area (Å²) in [6.45, 7) is 0. The molecule has 0 amide bonds. The van der Waals surface area contributed by atoms with Gasteiger partial charge in [-0.25, -0.2) is 20.8 Å². The second-order valence-electron chi connectivity index (χ2n) is 5.33. The predicted octanol–water partition coefficient (Wildman–Crippen LogP) is 0.522. The molecule has 2 aromatic rings. The van der Waals surface area contributed by atoms with Crippen LogP contribution in [0.3, 0.4) is 0 Å². The Morgan fingerprint density at radius 3 is 1.26 bits per heavy atom. The molecular formula is C18H14MgN4O4. The van der Waals surface area contributed by atoms with Crippen LogP contribution in [0.4, 0.5) is 0 Å². The van der Waals surface area contributed by atoms with E-state index in [1.165, 1.54) is 0 Å². The summed E-state index contributed by atoms with van der Waals surface area (Å²) >= 11 is 0. The zero-order chi connectivity index (χ0) is 18.5. The van der Waals surface area contributed by atoms with Crippen molar-refractivity contribution in [1.29, 1.82) is 10.8 Å². The van der Waals surface area contributed by atoms with Crippen LogP contribution in [0.5, 0.6) is 0 Å². The van der Waals surface area contributed by atoms with Gasteiger partial charge in [0, 0.05) is 11.8 Å². The van der Waals surface area contributed by atoms with Crippen LogP contribution in [0.25, 0.3) is 0 Å². The van der Waals surface area contributed by atoms with Crippen molar-refractivity contribution in [3.63, 3.8) is 0 Å². The first kappa shape index (κ1) is 20.4. The quantitative estimate of drug-likeness (QED) is 0.740. The second-order valence-corrected chi connectivity index (χ2v) is 5.33. The molecule has 9 heteroatoms. The molecule has 2 unspecified atom stereocenters. The molecule has 2 N–H and O–H groups in total. The van der Waals surface area contributed by atoms with E-state index in [2.05, 4.69) is 9.98 Å². The van der Waals surface area contributed by atoms with E-state index < -0.39 is 24.0 Å². The Kier molecular flexibility index (Phi) is 6.91. The van der Waals surface area contributed by atoms with Crippen LogP contribution in [0.15, 0.2) is 70.6 Å². The van der Waals surface area contributed by atoms with Crippen LogP contribution in [0.1, 0.15) is 23.3 Å². The summed E-state index contributed by atoms with van der Waals surface area (Å²) < 4.78 is 9.85. The molecule has 132 valence electrons. The predicted molar refractivity (Wildman–Crippen MR) is 96.6 cm³/mol. The average molecular weight is 375 g/mol. The maximum atomic E-state index is 11.2. The second kappa shape index (κ2) is 9.15. The molecule has 2 heterocycles. The summed E-state index contributed by atoms with van der Waals surface area (Å²) in [5, 5.41) is 36.4. The molecule has 0 spiro atoms. The van der Waals surface area contributed by atoms with E-state index in [4.69, 9.17) is 20.3 Å². The first-order chi connectivity index (χ1) is 12.5. The van der Waals surface area contributed by atoms with E-state index in [1.807, 2.05) is 36.4 Å². The van der Waals surface area contributed by atoms with Crippen molar-refractivity contribution in [2.24, 2.45) is 9.98 Å². The van der Waals surface area contributed by atoms with Crippen LogP contribution in [0, 0.1) is 10.8 Å². The van der Waals surface area contributed by atoms with Gasteiger partial charge in [0.15, 0.2) is 12.2 Å². The summed E-state index contributed by atoms with van der Waals surface area (Å²) in [4.78, 5) is 6.74. The third kappa shape index (κ3) is 5.05. The number of aliphatic imine (C=N–C) groups is 2. The number of amidine groups is 2. The SMILES string of the molecule is N=C1N=C([O-])C(c2ccccc2)O1.N=C1N=C([O-])C(c2ccccc2)O1.[Mg+2]. The fourth-order valence-corrected chi connectivity index (χ4v) is 2.37. The van der Waals surface area contributed by atoms with Gasteiger partial charge in [-0.2, -0.15) is 0 Å². The topological polar surface area (TPSA) is 137 Å². The van der Waals surface area contributed by atoms with Gasteiger partial charge in [0.2, 0.25) is 0 Å². The molecule has 2 aromatic carbocycles. The van der Waals surface area contributed by atoms with Crippen LogP contribution in [0.2, 0.25) is 0 Å². The van der Waals surface area contributed by atoms with E-state index in [1.54, 1.807) is 24.3 Å². The van der Waals surface area contributed by atoms with Gasteiger partial charge in [0.05, 0.1) is 0 Å². The van der Waals surface area contributed by atoms with Gasteiger partial charge < -0.3 is 19.7 Å². The van der Waals surface area contributed by atoms with E-state index >= 15 is 0 Å². The van der Waals surface area contributed by atoms with Gasteiger partial charge in [0.1, 0.15) is 0 Å². The minimum atomic E-state index is -0.714. The summed E-state index contributed by atoms with van der Waals surface area (Å²) in [5.74, 6) is -0.813. The van der Waals surface area contributed by atoms with Crippen molar-refractivity contribution in [3.05, 3.63) is 71.8 Å². The summed E-state index contributed by atoms with van der Waals surface area (Å²) in [7, 11) is 0. The standard InChI is InChI=1S/2C9H8N2O2.Mg/c2*10-9-11-8(12)7(13-9)6-4-2-1-3-5-6;/h2*1-5,7H,(H2,10,11,12);/q;;+2/p-2. The molecule has 27 heavy (non-hydrogen) atoms. The van der Waals surface area contributed by atoms with Gasteiger partial charge in [-0.15, -0.1) is 0 Å². The Balaban J connectivity index is 0.000000187. The zero-order valence-electron chi connectivity index (χ0n) is 14.2. The van der Waals surface area contributed by atoms with Crippen LogP contribution < -0.4 is 10.2 Å². The molecule has 0 bridgehead atoms. The third-order valence-corrected chi connectivity index (χ3v) is 3.54. The fraction of sp³-hybridized carbons (Fsp3) is 0.111. The largest absolute Gasteiger partial charge is 2.00 e. The van der Waals surface area contributed by atoms with E-state index in [-0.39, 0.29) is 35.1 Å². The monoisotopic (exact) mass is 374 g/mol. The Bertz CT molecular complexity index is 798. The summed E-state index contributed by atoms with van der Waals surface area (Å²) in [5.41, 5.74) is 1.47. The first-order valence-electron chi connectivity index (χ1n) is 7.66. The van der Waals surface area contributed by atoms with E-state index in [0.717, 1.165) is 11.1 Å². The number of nitrogens with one attached hydrogen (secondary N) is 2. The molecule has 8 nitrogen and oxygen atoms in total. The average Bonchev–Trinajstić information content (AvgIpc) is 3.17. The molecule has 0 radical (unpaired) electrons. The molecule has 2 atom stereocenters. The molecule has 0 saturated carbocycles. The van der Waals surface area contributed by atoms with Gasteiger partial charge in [-0.1, -0.05) is 60.7 Å². The van der Waals surface area contributed by atoms with E-state index in [0.29, 0.717) is 0 Å². The van der Waals surface area contributed by atoms with Gasteiger partial charge in [0.25, 0.3) is 0 Å². The van der Waals surface area contributed by atoms with Gasteiger partial charge >= 0.3 is 35.1 Å². The van der Waals surface area contributed by atoms with Crippen molar-refractivity contribution in [2.75, 3.05) is 0 Å². The molecule has 0 saturated heterocycles. The number of hydrogen-bond acceptors (Lipinski definition) is 6. The summed E-state index contributed by atoms with van der Waals surface area (Å²) in [6.07, 6.45) is -1.43. The van der Waals surface area contributed by atoms with Crippen molar-refractivity contribution in [3.8, 4) is 0 Å². The molecule has 0 fully saturated rings. The minimum Gasteiger partial charge on any atom is -0.859 e. The Morgan fingerprint density at radius 2 is 1.00 bits per heavy atom.